The average molecular weight is 545 g/mol. The lowest BCUT2D eigenvalue weighted by Gasteiger charge is -2.07. The number of pyridine rings is 1. The summed E-state index contributed by atoms with van der Waals surface area (Å²) in [5.41, 5.74) is 0.954. The first kappa shape index (κ1) is 23.2. The summed E-state index contributed by atoms with van der Waals surface area (Å²) in [4.78, 5) is 19.1. The highest BCUT2D eigenvalue weighted by Gasteiger charge is 2.32. The maximum Gasteiger partial charge on any atom is 0.417 e. The van der Waals surface area contributed by atoms with E-state index in [0.717, 1.165) is 17.8 Å². The maximum atomic E-state index is 13.1. The van der Waals surface area contributed by atoms with Crippen LogP contribution in [0.4, 0.5) is 13.2 Å². The first-order chi connectivity index (χ1) is 15.6. The van der Waals surface area contributed by atoms with Crippen molar-refractivity contribution in [3.8, 4) is 23.0 Å². The number of alkyl halides is 3. The summed E-state index contributed by atoms with van der Waals surface area (Å²) in [5.74, 6) is -0.681. The van der Waals surface area contributed by atoms with Gasteiger partial charge >= 0.3 is 12.1 Å². The van der Waals surface area contributed by atoms with Crippen molar-refractivity contribution in [3.05, 3.63) is 57.3 Å². The van der Waals surface area contributed by atoms with Gasteiger partial charge in [0.05, 0.1) is 21.5 Å². The van der Waals surface area contributed by atoms with Crippen molar-refractivity contribution >= 4 is 39.1 Å². The minimum absolute atomic E-state index is 0.00853. The molecule has 0 atom stereocenters. The van der Waals surface area contributed by atoms with Crippen molar-refractivity contribution in [3.63, 3.8) is 0 Å². The molecule has 0 aliphatic rings. The van der Waals surface area contributed by atoms with Crippen molar-refractivity contribution in [2.24, 2.45) is 0 Å². The Morgan fingerprint density at radius 1 is 1.24 bits per heavy atom. The molecule has 0 aliphatic heterocycles. The molecule has 33 heavy (non-hydrogen) atoms. The molecule has 4 aromatic rings. The van der Waals surface area contributed by atoms with Gasteiger partial charge in [0.15, 0.2) is 5.65 Å². The molecular formula is C20H14BrClF3N5O3. The summed E-state index contributed by atoms with van der Waals surface area (Å²) in [5, 5.41) is 15.9. The van der Waals surface area contributed by atoms with E-state index in [0.29, 0.717) is 23.7 Å². The number of benzene rings is 1. The monoisotopic (exact) mass is 543 g/mol. The fraction of sp³-hybridized carbons (Fsp3) is 0.200. The molecular weight excluding hydrogens is 531 g/mol. The Bertz CT molecular complexity index is 1340. The second-order valence-electron chi connectivity index (χ2n) is 6.99. The second-order valence-corrected chi connectivity index (χ2v) is 8.25. The zero-order chi connectivity index (χ0) is 23.8. The van der Waals surface area contributed by atoms with Crippen LogP contribution in [-0.4, -0.2) is 37.1 Å². The van der Waals surface area contributed by atoms with Gasteiger partial charge in [-0.1, -0.05) is 22.8 Å². The minimum Gasteiger partial charge on any atom is -0.481 e. The number of carboxylic acids is 1. The van der Waals surface area contributed by atoms with Crippen LogP contribution in [0.5, 0.6) is 0 Å². The molecule has 0 bridgehead atoms. The number of carbonyl (C=O) groups is 1. The quantitative estimate of drug-likeness (QED) is 0.314. The van der Waals surface area contributed by atoms with Gasteiger partial charge in [-0.3, -0.25) is 4.79 Å². The van der Waals surface area contributed by atoms with E-state index in [1.807, 2.05) is 0 Å². The van der Waals surface area contributed by atoms with E-state index in [2.05, 4.69) is 36.4 Å². The number of aliphatic carboxylic acids is 1. The third kappa shape index (κ3) is 5.18. The SMILES string of the molecule is O=C(O)CCNCc1ccc(-c2noc(-c3cn4cc(C(F)(F)F)cc(Br)c4n3)n2)c(Cl)c1. The largest absolute Gasteiger partial charge is 0.481 e. The van der Waals surface area contributed by atoms with Gasteiger partial charge in [-0.15, -0.1) is 0 Å². The van der Waals surface area contributed by atoms with Gasteiger partial charge in [0.2, 0.25) is 5.82 Å². The number of nitrogens with one attached hydrogen (secondary N) is 1. The van der Waals surface area contributed by atoms with Crippen LogP contribution in [-0.2, 0) is 17.5 Å². The molecule has 13 heteroatoms. The highest BCUT2D eigenvalue weighted by Crippen LogP contribution is 2.34. The lowest BCUT2D eigenvalue weighted by Crippen LogP contribution is -2.17. The van der Waals surface area contributed by atoms with Gasteiger partial charge in [-0.25, -0.2) is 4.98 Å². The van der Waals surface area contributed by atoms with Crippen LogP contribution in [0.1, 0.15) is 17.5 Å². The van der Waals surface area contributed by atoms with E-state index >= 15 is 0 Å². The topological polar surface area (TPSA) is 106 Å². The van der Waals surface area contributed by atoms with E-state index < -0.39 is 17.7 Å². The smallest absolute Gasteiger partial charge is 0.417 e. The van der Waals surface area contributed by atoms with Crippen LogP contribution in [0.2, 0.25) is 5.02 Å². The molecule has 1 aromatic carbocycles. The van der Waals surface area contributed by atoms with E-state index in [9.17, 15) is 18.0 Å². The molecule has 0 amide bonds. The summed E-state index contributed by atoms with van der Waals surface area (Å²) in [6.07, 6.45) is -2.21. The zero-order valence-electron chi connectivity index (χ0n) is 16.5. The van der Waals surface area contributed by atoms with E-state index in [1.54, 1.807) is 18.2 Å². The molecule has 0 fully saturated rings. The summed E-state index contributed by atoms with van der Waals surface area (Å²) in [6, 6.07) is 6.12. The van der Waals surface area contributed by atoms with Crippen LogP contribution < -0.4 is 5.32 Å². The van der Waals surface area contributed by atoms with Gasteiger partial charge in [0, 0.05) is 31.0 Å². The third-order valence-corrected chi connectivity index (χ3v) is 5.49. The number of halogens is 5. The number of nitrogens with zero attached hydrogens (tertiary/aromatic N) is 4. The molecule has 0 unspecified atom stereocenters. The molecule has 0 saturated carbocycles. The lowest BCUT2D eigenvalue weighted by atomic mass is 10.1. The first-order valence-corrected chi connectivity index (χ1v) is 10.6. The van der Waals surface area contributed by atoms with Crippen molar-refractivity contribution in [2.75, 3.05) is 6.54 Å². The predicted octanol–water partition coefficient (Wildman–Crippen LogP) is 5.05. The fourth-order valence-corrected chi connectivity index (χ4v) is 3.86. The van der Waals surface area contributed by atoms with Gasteiger partial charge in [-0.2, -0.15) is 18.2 Å². The molecule has 0 aliphatic carbocycles. The Hall–Kier alpha value is -2.96. The standard InChI is InChI=1S/C20H14BrClF3N5O3/c21-13-6-11(20(23,24)25)8-30-9-15(27-18(13)30)19-28-17(29-33-19)12-2-1-10(5-14(12)22)7-26-4-3-16(31)32/h1-2,5-6,8-9,26H,3-4,7H2,(H,31,32). The van der Waals surface area contributed by atoms with Gasteiger partial charge in [0.1, 0.15) is 5.69 Å². The van der Waals surface area contributed by atoms with Crippen LogP contribution in [0, 0.1) is 0 Å². The zero-order valence-corrected chi connectivity index (χ0v) is 18.9. The second kappa shape index (κ2) is 9.12. The Morgan fingerprint density at radius 2 is 2.03 bits per heavy atom. The van der Waals surface area contributed by atoms with Crippen LogP contribution >= 0.6 is 27.5 Å². The average Bonchev–Trinajstić information content (AvgIpc) is 3.38. The van der Waals surface area contributed by atoms with Crippen molar-refractivity contribution in [1.29, 1.82) is 0 Å². The number of imidazole rings is 1. The fourth-order valence-electron chi connectivity index (χ4n) is 3.03. The molecule has 3 aromatic heterocycles. The number of rotatable bonds is 7. The summed E-state index contributed by atoms with van der Waals surface area (Å²) in [7, 11) is 0. The van der Waals surface area contributed by atoms with E-state index in [4.69, 9.17) is 21.2 Å². The minimum atomic E-state index is -4.51. The summed E-state index contributed by atoms with van der Waals surface area (Å²) >= 11 is 9.46. The molecule has 4 rings (SSSR count). The maximum absolute atomic E-state index is 13.1. The molecule has 0 saturated heterocycles. The van der Waals surface area contributed by atoms with Crippen LogP contribution in [0.25, 0.3) is 28.6 Å². The normalized spacial score (nSPS) is 11.9. The summed E-state index contributed by atoms with van der Waals surface area (Å²) < 4.78 is 45.8. The number of carboxylic acid groups (broad SMARTS) is 1. The Balaban J connectivity index is 1.56. The number of aromatic nitrogens is 4. The Morgan fingerprint density at radius 3 is 2.73 bits per heavy atom. The molecule has 2 N–H and O–H groups in total. The number of fused-ring (bicyclic) bond motifs is 1. The molecule has 8 nitrogen and oxygen atoms in total. The van der Waals surface area contributed by atoms with Crippen LogP contribution in [0.15, 0.2) is 45.7 Å². The lowest BCUT2D eigenvalue weighted by molar-refractivity contribution is -0.138. The summed E-state index contributed by atoms with van der Waals surface area (Å²) in [6.45, 7) is 0.753. The molecule has 0 radical (unpaired) electrons. The van der Waals surface area contributed by atoms with Crippen LogP contribution in [0.3, 0.4) is 0 Å². The highest BCUT2D eigenvalue weighted by molar-refractivity contribution is 9.10. The van der Waals surface area contributed by atoms with E-state index in [1.165, 1.54) is 10.6 Å². The highest BCUT2D eigenvalue weighted by atomic mass is 79.9. The third-order valence-electron chi connectivity index (χ3n) is 4.60. The van der Waals surface area contributed by atoms with Crippen molar-refractivity contribution in [2.45, 2.75) is 19.1 Å². The first-order valence-electron chi connectivity index (χ1n) is 9.42. The van der Waals surface area contributed by atoms with Gasteiger partial charge < -0.3 is 19.3 Å². The molecule has 0 spiro atoms. The predicted molar refractivity (Wildman–Crippen MR) is 116 cm³/mol. The Kier molecular flexibility index (Phi) is 6.41. The number of hydrogen-bond acceptors (Lipinski definition) is 6. The van der Waals surface area contributed by atoms with Gasteiger partial charge in [0.25, 0.3) is 5.89 Å². The molecule has 172 valence electrons. The molecule has 3 heterocycles. The Labute approximate surface area is 197 Å². The van der Waals surface area contributed by atoms with Crippen molar-refractivity contribution < 1.29 is 27.6 Å². The van der Waals surface area contributed by atoms with Gasteiger partial charge in [-0.05, 0) is 39.7 Å². The van der Waals surface area contributed by atoms with E-state index in [-0.39, 0.29) is 33.9 Å². The van der Waals surface area contributed by atoms with Crippen molar-refractivity contribution in [1.82, 2.24) is 24.8 Å². The number of hydrogen-bond donors (Lipinski definition) is 2.